The van der Waals surface area contributed by atoms with Gasteiger partial charge in [0.05, 0.1) is 11.1 Å². The number of benzene rings is 2. The van der Waals surface area contributed by atoms with Crippen LogP contribution in [0.3, 0.4) is 0 Å². The van der Waals surface area contributed by atoms with E-state index in [0.29, 0.717) is 10.3 Å². The molecule has 1 aliphatic heterocycles. The molecule has 2 heterocycles. The number of hydrogen-bond acceptors (Lipinski definition) is 5. The second kappa shape index (κ2) is 6.99. The Kier molecular flexibility index (Phi) is 4.64. The number of nitrogens with one attached hydrogen (secondary N) is 1. The van der Waals surface area contributed by atoms with Crippen molar-refractivity contribution in [2.24, 2.45) is 0 Å². The summed E-state index contributed by atoms with van der Waals surface area (Å²) in [6, 6.07) is 12.1. The highest BCUT2D eigenvalue weighted by Crippen LogP contribution is 2.29. The van der Waals surface area contributed by atoms with E-state index >= 15 is 0 Å². The van der Waals surface area contributed by atoms with Crippen LogP contribution in [-0.2, 0) is 10.0 Å². The van der Waals surface area contributed by atoms with Crippen molar-refractivity contribution >= 4 is 26.7 Å². The topological polar surface area (TPSA) is 99.3 Å². The van der Waals surface area contributed by atoms with Gasteiger partial charge in [-0.15, -0.1) is 0 Å². The number of carbonyl (C=O) groups excluding carboxylic acids is 1. The van der Waals surface area contributed by atoms with E-state index in [0.717, 1.165) is 5.39 Å². The highest BCUT2D eigenvalue weighted by atomic mass is 32.2. The maximum atomic E-state index is 13.5. The number of sulfonamides is 1. The second-order valence-corrected chi connectivity index (χ2v) is 8.92. The molecule has 3 aromatic rings. The van der Waals surface area contributed by atoms with E-state index < -0.39 is 10.0 Å². The SMILES string of the molecule is C[C@@H]1CN(C(=O)c2cn[nH]n2)[C@@H](C)CN1S(=O)(=O)c1cccc2ccccc12. The molecule has 0 unspecified atom stereocenters. The fraction of sp³-hybridized carbons (Fsp3) is 0.316. The number of piperazine rings is 1. The predicted molar refractivity (Wildman–Crippen MR) is 104 cm³/mol. The zero-order valence-electron chi connectivity index (χ0n) is 15.6. The Balaban J connectivity index is 1.65. The normalized spacial score (nSPS) is 21.1. The van der Waals surface area contributed by atoms with Crippen LogP contribution in [-0.4, -0.2) is 64.1 Å². The minimum Gasteiger partial charge on any atom is -0.332 e. The van der Waals surface area contributed by atoms with Gasteiger partial charge in [0, 0.05) is 30.6 Å². The lowest BCUT2D eigenvalue weighted by Crippen LogP contribution is -2.59. The monoisotopic (exact) mass is 399 g/mol. The summed E-state index contributed by atoms with van der Waals surface area (Å²) < 4.78 is 28.4. The summed E-state index contributed by atoms with van der Waals surface area (Å²) in [4.78, 5) is 14.6. The maximum Gasteiger partial charge on any atom is 0.276 e. The van der Waals surface area contributed by atoms with E-state index in [-0.39, 0.29) is 36.8 Å². The zero-order valence-corrected chi connectivity index (χ0v) is 16.4. The van der Waals surface area contributed by atoms with Crippen molar-refractivity contribution in [3.05, 3.63) is 54.4 Å². The molecule has 8 nitrogen and oxygen atoms in total. The summed E-state index contributed by atoms with van der Waals surface area (Å²) in [7, 11) is -3.71. The number of hydrogen-bond donors (Lipinski definition) is 1. The highest BCUT2D eigenvalue weighted by Gasteiger charge is 2.39. The summed E-state index contributed by atoms with van der Waals surface area (Å²) in [5, 5.41) is 11.5. The molecule has 0 spiro atoms. The third-order valence-corrected chi connectivity index (χ3v) is 7.20. The van der Waals surface area contributed by atoms with Gasteiger partial charge < -0.3 is 4.90 Å². The number of amides is 1. The molecule has 0 saturated carbocycles. The van der Waals surface area contributed by atoms with Crippen molar-refractivity contribution in [2.75, 3.05) is 13.1 Å². The Morgan fingerprint density at radius 2 is 1.82 bits per heavy atom. The number of nitrogens with zero attached hydrogens (tertiary/aromatic N) is 4. The number of aromatic amines is 1. The first kappa shape index (κ1) is 18.6. The van der Waals surface area contributed by atoms with Crippen LogP contribution in [0.1, 0.15) is 24.3 Å². The maximum absolute atomic E-state index is 13.5. The molecule has 4 rings (SSSR count). The Labute approximate surface area is 163 Å². The molecule has 1 saturated heterocycles. The smallest absolute Gasteiger partial charge is 0.276 e. The van der Waals surface area contributed by atoms with E-state index in [9.17, 15) is 13.2 Å². The van der Waals surface area contributed by atoms with E-state index in [1.807, 2.05) is 44.2 Å². The third kappa shape index (κ3) is 3.06. The van der Waals surface area contributed by atoms with Crippen molar-refractivity contribution in [1.29, 1.82) is 0 Å². The molecule has 1 aromatic heterocycles. The predicted octanol–water partition coefficient (Wildman–Crippen LogP) is 1.88. The molecular formula is C19H21N5O3S. The quantitative estimate of drug-likeness (QED) is 0.725. The van der Waals surface area contributed by atoms with E-state index in [4.69, 9.17) is 0 Å². The lowest BCUT2D eigenvalue weighted by molar-refractivity contribution is 0.0501. The number of aromatic nitrogens is 3. The van der Waals surface area contributed by atoms with E-state index in [1.54, 1.807) is 17.0 Å². The van der Waals surface area contributed by atoms with Gasteiger partial charge in [-0.1, -0.05) is 36.4 Å². The molecule has 1 N–H and O–H groups in total. The molecule has 1 aliphatic rings. The molecule has 2 aromatic carbocycles. The van der Waals surface area contributed by atoms with Gasteiger partial charge in [-0.05, 0) is 25.3 Å². The number of rotatable bonds is 3. The molecule has 2 atom stereocenters. The summed E-state index contributed by atoms with van der Waals surface area (Å²) in [6.07, 6.45) is 1.37. The number of fused-ring (bicyclic) bond motifs is 1. The Bertz CT molecular complexity index is 1110. The van der Waals surface area contributed by atoms with Crippen LogP contribution < -0.4 is 0 Å². The molecule has 28 heavy (non-hydrogen) atoms. The molecule has 1 amide bonds. The molecular weight excluding hydrogens is 378 g/mol. The third-order valence-electron chi connectivity index (χ3n) is 5.16. The van der Waals surface area contributed by atoms with Crippen LogP contribution in [0.15, 0.2) is 53.6 Å². The van der Waals surface area contributed by atoms with Gasteiger partial charge in [-0.2, -0.15) is 19.7 Å². The van der Waals surface area contributed by atoms with Gasteiger partial charge in [0.25, 0.3) is 5.91 Å². The van der Waals surface area contributed by atoms with Crippen molar-refractivity contribution in [3.8, 4) is 0 Å². The minimum atomic E-state index is -3.71. The van der Waals surface area contributed by atoms with Crippen LogP contribution in [0, 0.1) is 0 Å². The number of H-pyrrole nitrogens is 1. The lowest BCUT2D eigenvalue weighted by Gasteiger charge is -2.43. The molecule has 9 heteroatoms. The van der Waals surface area contributed by atoms with Crippen LogP contribution in [0.4, 0.5) is 0 Å². The Morgan fingerprint density at radius 1 is 1.07 bits per heavy atom. The van der Waals surface area contributed by atoms with Crippen LogP contribution in [0.2, 0.25) is 0 Å². The van der Waals surface area contributed by atoms with Crippen molar-refractivity contribution < 1.29 is 13.2 Å². The highest BCUT2D eigenvalue weighted by molar-refractivity contribution is 7.89. The first-order valence-electron chi connectivity index (χ1n) is 9.06. The molecule has 0 aliphatic carbocycles. The van der Waals surface area contributed by atoms with Gasteiger partial charge in [-0.3, -0.25) is 4.79 Å². The van der Waals surface area contributed by atoms with Gasteiger partial charge in [-0.25, -0.2) is 8.42 Å². The minimum absolute atomic E-state index is 0.219. The summed E-state index contributed by atoms with van der Waals surface area (Å²) in [5.41, 5.74) is 0.226. The largest absolute Gasteiger partial charge is 0.332 e. The molecule has 146 valence electrons. The Morgan fingerprint density at radius 3 is 2.57 bits per heavy atom. The average molecular weight is 399 g/mol. The zero-order chi connectivity index (χ0) is 19.9. The summed E-state index contributed by atoms with van der Waals surface area (Å²) in [6.45, 7) is 4.17. The van der Waals surface area contributed by atoms with Crippen molar-refractivity contribution in [3.63, 3.8) is 0 Å². The van der Waals surface area contributed by atoms with Gasteiger partial charge in [0.15, 0.2) is 5.69 Å². The molecule has 1 fully saturated rings. The summed E-state index contributed by atoms with van der Waals surface area (Å²) >= 11 is 0. The van der Waals surface area contributed by atoms with E-state index in [1.165, 1.54) is 10.5 Å². The average Bonchev–Trinajstić information content (AvgIpc) is 3.23. The summed E-state index contributed by atoms with van der Waals surface area (Å²) in [5.74, 6) is -0.254. The van der Waals surface area contributed by atoms with E-state index in [2.05, 4.69) is 15.4 Å². The van der Waals surface area contributed by atoms with Gasteiger partial charge >= 0.3 is 0 Å². The van der Waals surface area contributed by atoms with Crippen molar-refractivity contribution in [1.82, 2.24) is 24.6 Å². The second-order valence-electron chi connectivity index (χ2n) is 7.06. The molecule has 0 radical (unpaired) electrons. The van der Waals surface area contributed by atoms with Gasteiger partial charge in [0.1, 0.15) is 0 Å². The van der Waals surface area contributed by atoms with Crippen molar-refractivity contribution in [2.45, 2.75) is 30.8 Å². The fourth-order valence-electron chi connectivity index (χ4n) is 3.71. The number of carbonyl (C=O) groups is 1. The van der Waals surface area contributed by atoms with Crippen LogP contribution in [0.25, 0.3) is 10.8 Å². The lowest BCUT2D eigenvalue weighted by atomic mass is 10.1. The Hall–Kier alpha value is -2.78. The standard InChI is InChI=1S/C19H21N5O3S/c1-13-12-24(14(2)11-23(13)19(25)17-10-20-22-21-17)28(26,27)18-9-5-7-15-6-3-4-8-16(15)18/h3-10,13-14H,11-12H2,1-2H3,(H,20,21,22)/t13-,14+/m0/s1. The first-order chi connectivity index (χ1) is 13.4. The van der Waals surface area contributed by atoms with Crippen LogP contribution in [0.5, 0.6) is 0 Å². The fourth-order valence-corrected chi connectivity index (χ4v) is 5.63. The van der Waals surface area contributed by atoms with Crippen LogP contribution >= 0.6 is 0 Å². The van der Waals surface area contributed by atoms with Gasteiger partial charge in [0.2, 0.25) is 10.0 Å². The molecule has 0 bridgehead atoms. The first-order valence-corrected chi connectivity index (χ1v) is 10.5.